The van der Waals surface area contributed by atoms with Crippen LogP contribution >= 0.6 is 0 Å². The molecule has 56 valence electrons. The second-order valence-electron chi connectivity index (χ2n) is 1.95. The van der Waals surface area contributed by atoms with Crippen LogP contribution in [0, 0.1) is 0 Å². The van der Waals surface area contributed by atoms with Crippen molar-refractivity contribution in [1.29, 1.82) is 0 Å². The van der Waals surface area contributed by atoms with Gasteiger partial charge in [-0.3, -0.25) is 4.79 Å². The third-order valence-corrected chi connectivity index (χ3v) is 1.06. The molecule has 0 aliphatic rings. The summed E-state index contributed by atoms with van der Waals surface area (Å²) in [4.78, 5) is 9.98. The molecule has 3 N–H and O–H groups in total. The number of aliphatic carboxylic acids is 1. The van der Waals surface area contributed by atoms with Crippen molar-refractivity contribution in [2.45, 2.75) is 19.3 Å². The summed E-state index contributed by atoms with van der Waals surface area (Å²) >= 11 is 0. The number of carbonyl (C=O) groups is 1. The van der Waals surface area contributed by atoms with Gasteiger partial charge in [-0.1, -0.05) is 6.58 Å². The third kappa shape index (κ3) is 4.94. The molecule has 0 aromatic heterocycles. The highest BCUT2D eigenvalue weighted by atomic mass is 16.4. The monoisotopic (exact) mass is 141 g/mol. The average molecular weight is 141 g/mol. The van der Waals surface area contributed by atoms with Crippen LogP contribution in [0.5, 0.6) is 0 Å². The predicted octanol–water partition coefficient (Wildman–Crippen LogP) is 0.869. The van der Waals surface area contributed by atoms with Crippen LogP contribution in [0.2, 0.25) is 0 Å². The number of hydrogen-bond donors (Lipinski definition) is 2. The molecule has 0 aromatic carbocycles. The Labute approximate surface area is 59.8 Å². The number of carboxylic acids is 1. The zero-order valence-corrected chi connectivity index (χ0v) is 5.76. The molecule has 0 atom stereocenters. The Kier molecular flexibility index (Phi) is 4.09. The van der Waals surface area contributed by atoms with E-state index in [9.17, 15) is 4.79 Å². The summed E-state index contributed by atoms with van der Waals surface area (Å²) < 4.78 is 0. The van der Waals surface area contributed by atoms with Gasteiger partial charge in [-0.2, -0.15) is 0 Å². The summed E-state index contributed by atoms with van der Waals surface area (Å²) in [6, 6.07) is 0. The maximum Gasteiger partial charge on any atom is 0.303 e. The summed E-state index contributed by atoms with van der Waals surface area (Å²) in [5.41, 5.74) is 8.33. The lowest BCUT2D eigenvalue weighted by molar-refractivity contribution is -0.137. The van der Waals surface area contributed by atoms with Gasteiger partial charge >= 0.3 is 5.97 Å². The molecule has 0 bridgehead atoms. The maximum absolute atomic E-state index is 9.98. The first-order valence-corrected chi connectivity index (χ1v) is 3.03. The summed E-state index contributed by atoms with van der Waals surface area (Å²) in [5.74, 6) is -0.795. The molecule has 0 radical (unpaired) electrons. The molecular weight excluding hydrogens is 130 g/mol. The predicted molar refractivity (Wildman–Crippen MR) is 38.3 cm³/mol. The van der Waals surface area contributed by atoms with Gasteiger partial charge in [0.25, 0.3) is 0 Å². The third-order valence-electron chi connectivity index (χ3n) is 1.06. The Hall–Kier alpha value is -1.21. The van der Waals surface area contributed by atoms with E-state index in [1.165, 1.54) is 0 Å². The number of carboxylic acid groups (broad SMARTS) is 1. The fourth-order valence-electron chi connectivity index (χ4n) is 0.518. The Balaban J connectivity index is 3.38. The average Bonchev–Trinajstić information content (AvgIpc) is 1.87. The zero-order valence-electron chi connectivity index (χ0n) is 5.76. The Morgan fingerprint density at radius 2 is 2.20 bits per heavy atom. The first-order valence-electron chi connectivity index (χ1n) is 3.03. The number of hydrogen-bond acceptors (Lipinski definition) is 2. The fraction of sp³-hybridized carbons (Fsp3) is 0.429. The van der Waals surface area contributed by atoms with Crippen LogP contribution in [0.3, 0.4) is 0 Å². The SMILES string of the molecule is C=C=C(N)CCCC(=O)O. The van der Waals surface area contributed by atoms with Gasteiger partial charge in [0.1, 0.15) is 0 Å². The Morgan fingerprint density at radius 1 is 1.60 bits per heavy atom. The summed E-state index contributed by atoms with van der Waals surface area (Å²) in [7, 11) is 0. The van der Waals surface area contributed by atoms with Crippen LogP contribution in [0.15, 0.2) is 18.0 Å². The maximum atomic E-state index is 9.98. The topological polar surface area (TPSA) is 63.3 Å². The number of rotatable bonds is 4. The molecule has 0 aliphatic carbocycles. The van der Waals surface area contributed by atoms with Gasteiger partial charge in [0.15, 0.2) is 0 Å². The first kappa shape index (κ1) is 8.79. The number of allylic oxidation sites excluding steroid dienone is 1. The van der Waals surface area contributed by atoms with Crippen molar-refractivity contribution in [1.82, 2.24) is 0 Å². The van der Waals surface area contributed by atoms with Gasteiger partial charge in [-0.15, -0.1) is 5.73 Å². The van der Waals surface area contributed by atoms with Crippen molar-refractivity contribution < 1.29 is 9.90 Å². The van der Waals surface area contributed by atoms with E-state index in [0.29, 0.717) is 18.5 Å². The molecular formula is C7H11NO2. The van der Waals surface area contributed by atoms with Crippen LogP contribution in [0.4, 0.5) is 0 Å². The van der Waals surface area contributed by atoms with E-state index in [-0.39, 0.29) is 6.42 Å². The molecule has 0 spiro atoms. The molecule has 0 saturated heterocycles. The van der Waals surface area contributed by atoms with Crippen molar-refractivity contribution in [3.63, 3.8) is 0 Å². The zero-order chi connectivity index (χ0) is 7.98. The molecule has 0 aromatic rings. The van der Waals surface area contributed by atoms with E-state index < -0.39 is 5.97 Å². The minimum Gasteiger partial charge on any atom is -0.481 e. The lowest BCUT2D eigenvalue weighted by Crippen LogP contribution is -1.98. The van der Waals surface area contributed by atoms with Crippen molar-refractivity contribution in [2.24, 2.45) is 5.73 Å². The molecule has 0 rings (SSSR count). The van der Waals surface area contributed by atoms with E-state index in [4.69, 9.17) is 10.8 Å². The highest BCUT2D eigenvalue weighted by Crippen LogP contribution is 1.99. The minimum absolute atomic E-state index is 0.155. The Bertz CT molecular complexity index is 168. The lowest BCUT2D eigenvalue weighted by Gasteiger charge is -1.93. The van der Waals surface area contributed by atoms with E-state index >= 15 is 0 Å². The van der Waals surface area contributed by atoms with E-state index in [2.05, 4.69) is 12.3 Å². The van der Waals surface area contributed by atoms with E-state index in [1.807, 2.05) is 0 Å². The van der Waals surface area contributed by atoms with Crippen LogP contribution in [0.1, 0.15) is 19.3 Å². The first-order chi connectivity index (χ1) is 4.66. The second kappa shape index (κ2) is 4.65. The molecule has 0 unspecified atom stereocenters. The van der Waals surface area contributed by atoms with Crippen LogP contribution in [0.25, 0.3) is 0 Å². The summed E-state index contributed by atoms with van der Waals surface area (Å²) in [5, 5.41) is 8.21. The molecule has 10 heavy (non-hydrogen) atoms. The van der Waals surface area contributed by atoms with E-state index in [0.717, 1.165) is 0 Å². The standard InChI is InChI=1S/C7H11NO2/c1-2-6(8)4-3-5-7(9)10/h1,3-5,8H2,(H,9,10). The molecule has 0 fully saturated rings. The van der Waals surface area contributed by atoms with Gasteiger partial charge < -0.3 is 10.8 Å². The molecule has 0 aliphatic heterocycles. The van der Waals surface area contributed by atoms with Gasteiger partial charge in [0.2, 0.25) is 0 Å². The summed E-state index contributed by atoms with van der Waals surface area (Å²) in [6.07, 6.45) is 1.28. The lowest BCUT2D eigenvalue weighted by atomic mass is 10.2. The number of nitrogens with two attached hydrogens (primary N) is 1. The van der Waals surface area contributed by atoms with Crippen molar-refractivity contribution in [3.8, 4) is 0 Å². The highest BCUT2D eigenvalue weighted by molar-refractivity contribution is 5.66. The smallest absolute Gasteiger partial charge is 0.303 e. The quantitative estimate of drug-likeness (QED) is 0.571. The van der Waals surface area contributed by atoms with Gasteiger partial charge in [-0.05, 0) is 12.8 Å². The second-order valence-corrected chi connectivity index (χ2v) is 1.95. The minimum atomic E-state index is -0.795. The van der Waals surface area contributed by atoms with Crippen LogP contribution < -0.4 is 5.73 Å². The molecule has 0 amide bonds. The van der Waals surface area contributed by atoms with Crippen molar-refractivity contribution in [3.05, 3.63) is 18.0 Å². The van der Waals surface area contributed by atoms with Gasteiger partial charge in [0, 0.05) is 6.42 Å². The highest BCUT2D eigenvalue weighted by Gasteiger charge is 1.96. The molecule has 3 heteroatoms. The fourth-order valence-corrected chi connectivity index (χ4v) is 0.518. The Morgan fingerprint density at radius 3 is 2.60 bits per heavy atom. The van der Waals surface area contributed by atoms with Crippen molar-refractivity contribution >= 4 is 5.97 Å². The van der Waals surface area contributed by atoms with Crippen molar-refractivity contribution in [2.75, 3.05) is 0 Å². The van der Waals surface area contributed by atoms with Gasteiger partial charge in [-0.25, -0.2) is 0 Å². The molecule has 3 nitrogen and oxygen atoms in total. The molecule has 0 saturated carbocycles. The van der Waals surface area contributed by atoms with Crippen LogP contribution in [-0.2, 0) is 4.79 Å². The van der Waals surface area contributed by atoms with Crippen LogP contribution in [-0.4, -0.2) is 11.1 Å². The molecule has 0 heterocycles. The summed E-state index contributed by atoms with van der Waals surface area (Å²) in [6.45, 7) is 3.32. The van der Waals surface area contributed by atoms with E-state index in [1.54, 1.807) is 0 Å². The normalized spacial score (nSPS) is 8.40. The van der Waals surface area contributed by atoms with Gasteiger partial charge in [0.05, 0.1) is 5.70 Å². The largest absolute Gasteiger partial charge is 0.481 e.